The van der Waals surface area contributed by atoms with Crippen LogP contribution in [0.15, 0.2) is 42.5 Å². The fourth-order valence-electron chi connectivity index (χ4n) is 2.57. The van der Waals surface area contributed by atoms with Crippen LogP contribution in [0.1, 0.15) is 17.9 Å². The molecule has 1 atom stereocenters. The fraction of sp³-hybridized carbons (Fsp3) is 0.176. The zero-order chi connectivity index (χ0) is 17.3. The molecule has 0 radical (unpaired) electrons. The van der Waals surface area contributed by atoms with Crippen LogP contribution in [0.3, 0.4) is 0 Å². The van der Waals surface area contributed by atoms with Crippen molar-refractivity contribution in [2.75, 3.05) is 16.0 Å². The summed E-state index contributed by atoms with van der Waals surface area (Å²) in [5, 5.41) is 3.58. The molecule has 1 aliphatic heterocycles. The highest BCUT2D eigenvalue weighted by molar-refractivity contribution is 8.00. The Balaban J connectivity index is 1.98. The van der Waals surface area contributed by atoms with Crippen LogP contribution in [0.25, 0.3) is 0 Å². The van der Waals surface area contributed by atoms with Gasteiger partial charge in [0.1, 0.15) is 5.37 Å². The minimum atomic E-state index is -0.227. The molecule has 0 bridgehead atoms. The van der Waals surface area contributed by atoms with E-state index in [0.717, 1.165) is 5.56 Å². The lowest BCUT2D eigenvalue weighted by atomic mass is 10.1. The van der Waals surface area contributed by atoms with Crippen LogP contribution in [0.2, 0.25) is 10.0 Å². The molecule has 0 saturated carbocycles. The number of nitrogens with zero attached hydrogens (tertiary/aromatic N) is 1. The lowest BCUT2D eigenvalue weighted by Gasteiger charge is -2.25. The highest BCUT2D eigenvalue weighted by atomic mass is 35.5. The van der Waals surface area contributed by atoms with E-state index in [2.05, 4.69) is 5.32 Å². The topological polar surface area (TPSA) is 49.4 Å². The molecule has 1 saturated heterocycles. The van der Waals surface area contributed by atoms with Crippen LogP contribution < -0.4 is 10.2 Å². The van der Waals surface area contributed by atoms with Crippen molar-refractivity contribution in [3.63, 3.8) is 0 Å². The number of thioether (sulfide) groups is 1. The molecule has 3 rings (SSSR count). The van der Waals surface area contributed by atoms with Gasteiger partial charge in [0.15, 0.2) is 0 Å². The van der Waals surface area contributed by atoms with E-state index < -0.39 is 0 Å². The summed E-state index contributed by atoms with van der Waals surface area (Å²) in [5.41, 5.74) is 2.19. The number of halogens is 2. The van der Waals surface area contributed by atoms with Crippen LogP contribution in [0.5, 0.6) is 0 Å². The van der Waals surface area contributed by atoms with Crippen molar-refractivity contribution in [1.29, 1.82) is 0 Å². The van der Waals surface area contributed by atoms with Gasteiger partial charge in [0, 0.05) is 33.9 Å². The minimum absolute atomic E-state index is 0.00371. The van der Waals surface area contributed by atoms with Crippen molar-refractivity contribution in [2.24, 2.45) is 0 Å². The van der Waals surface area contributed by atoms with Gasteiger partial charge in [0.2, 0.25) is 11.8 Å². The number of nitrogens with one attached hydrogen (secondary N) is 1. The maximum absolute atomic E-state index is 12.4. The summed E-state index contributed by atoms with van der Waals surface area (Å²) >= 11 is 13.8. The van der Waals surface area contributed by atoms with E-state index in [4.69, 9.17) is 23.2 Å². The predicted molar refractivity (Wildman–Crippen MR) is 99.9 cm³/mol. The molecule has 1 aliphatic rings. The summed E-state index contributed by atoms with van der Waals surface area (Å²) in [7, 11) is 0. The smallest absolute Gasteiger partial charge is 0.238 e. The van der Waals surface area contributed by atoms with Gasteiger partial charge in [-0.25, -0.2) is 0 Å². The third-order valence-electron chi connectivity index (χ3n) is 3.54. The van der Waals surface area contributed by atoms with Crippen LogP contribution in [0, 0.1) is 0 Å². The molecule has 1 fully saturated rings. The van der Waals surface area contributed by atoms with Gasteiger partial charge in [-0.3, -0.25) is 14.5 Å². The first-order chi connectivity index (χ1) is 11.5. The molecule has 24 heavy (non-hydrogen) atoms. The Bertz CT molecular complexity index is 813. The number of carbonyl (C=O) groups is 2. The minimum Gasteiger partial charge on any atom is -0.326 e. The van der Waals surface area contributed by atoms with Crippen LogP contribution in [-0.4, -0.2) is 17.6 Å². The number of amides is 2. The number of benzene rings is 2. The Morgan fingerprint density at radius 2 is 2.04 bits per heavy atom. The molecule has 0 aliphatic carbocycles. The third-order valence-corrected chi connectivity index (χ3v) is 5.30. The largest absolute Gasteiger partial charge is 0.326 e. The number of anilines is 2. The Morgan fingerprint density at radius 3 is 2.75 bits per heavy atom. The molecule has 7 heteroatoms. The van der Waals surface area contributed by atoms with Gasteiger partial charge in [-0.05, 0) is 30.3 Å². The van der Waals surface area contributed by atoms with Gasteiger partial charge in [-0.2, -0.15) is 0 Å². The van der Waals surface area contributed by atoms with Gasteiger partial charge in [-0.1, -0.05) is 35.3 Å². The maximum Gasteiger partial charge on any atom is 0.238 e. The van der Waals surface area contributed by atoms with Crippen molar-refractivity contribution in [1.82, 2.24) is 0 Å². The van der Waals surface area contributed by atoms with Crippen LogP contribution in [0.4, 0.5) is 11.4 Å². The summed E-state index contributed by atoms with van der Waals surface area (Å²) in [4.78, 5) is 25.4. The van der Waals surface area contributed by atoms with E-state index >= 15 is 0 Å². The SMILES string of the molecule is CC(=O)Nc1cccc(N2C(=O)CSC2c2ccc(Cl)cc2Cl)c1. The summed E-state index contributed by atoms with van der Waals surface area (Å²) < 4.78 is 0. The normalized spacial score (nSPS) is 17.2. The Hall–Kier alpha value is -1.69. The first-order valence-electron chi connectivity index (χ1n) is 7.22. The molecular formula is C17H14Cl2N2O2S. The summed E-state index contributed by atoms with van der Waals surface area (Å²) in [6.45, 7) is 1.44. The first-order valence-corrected chi connectivity index (χ1v) is 9.02. The average molecular weight is 381 g/mol. The Labute approximate surface area is 154 Å². The van der Waals surface area contributed by atoms with E-state index in [1.165, 1.54) is 18.7 Å². The molecule has 2 aromatic carbocycles. The van der Waals surface area contributed by atoms with E-state index in [1.54, 1.807) is 35.2 Å². The molecule has 1 N–H and O–H groups in total. The molecule has 4 nitrogen and oxygen atoms in total. The average Bonchev–Trinajstić information content (AvgIpc) is 2.88. The number of hydrogen-bond donors (Lipinski definition) is 1. The van der Waals surface area contributed by atoms with Crippen molar-refractivity contribution in [2.45, 2.75) is 12.3 Å². The van der Waals surface area contributed by atoms with Gasteiger partial charge in [0.25, 0.3) is 0 Å². The number of hydrogen-bond acceptors (Lipinski definition) is 3. The Morgan fingerprint density at radius 1 is 1.25 bits per heavy atom. The van der Waals surface area contributed by atoms with E-state index in [9.17, 15) is 9.59 Å². The second-order valence-corrected chi connectivity index (χ2v) is 7.24. The van der Waals surface area contributed by atoms with E-state index in [1.807, 2.05) is 12.1 Å². The number of rotatable bonds is 3. The lowest BCUT2D eigenvalue weighted by molar-refractivity contribution is -0.116. The fourth-order valence-corrected chi connectivity index (χ4v) is 4.36. The van der Waals surface area contributed by atoms with Crippen molar-refractivity contribution >= 4 is 58.2 Å². The lowest BCUT2D eigenvalue weighted by Crippen LogP contribution is -2.28. The second-order valence-electron chi connectivity index (χ2n) is 5.32. The van der Waals surface area contributed by atoms with Gasteiger partial charge < -0.3 is 5.32 Å². The molecule has 2 aromatic rings. The van der Waals surface area contributed by atoms with Crippen molar-refractivity contribution in [3.8, 4) is 0 Å². The Kier molecular flexibility index (Phi) is 5.04. The summed E-state index contributed by atoms with van der Waals surface area (Å²) in [6, 6.07) is 12.5. The second kappa shape index (κ2) is 7.05. The molecule has 1 heterocycles. The van der Waals surface area contributed by atoms with Gasteiger partial charge in [0.05, 0.1) is 5.75 Å². The zero-order valence-corrected chi connectivity index (χ0v) is 15.1. The van der Waals surface area contributed by atoms with Crippen LogP contribution in [-0.2, 0) is 9.59 Å². The van der Waals surface area contributed by atoms with Gasteiger partial charge in [-0.15, -0.1) is 11.8 Å². The zero-order valence-electron chi connectivity index (χ0n) is 12.8. The molecule has 1 unspecified atom stereocenters. The monoisotopic (exact) mass is 380 g/mol. The third kappa shape index (κ3) is 3.53. The molecule has 2 amide bonds. The standard InChI is InChI=1S/C17H14Cl2N2O2S/c1-10(22)20-12-3-2-4-13(8-12)21-16(23)9-24-17(21)14-6-5-11(18)7-15(14)19/h2-8,17H,9H2,1H3,(H,20,22). The van der Waals surface area contributed by atoms with Crippen molar-refractivity contribution in [3.05, 3.63) is 58.1 Å². The summed E-state index contributed by atoms with van der Waals surface area (Å²) in [5.74, 6) is 0.205. The molecule has 0 aromatic heterocycles. The highest BCUT2D eigenvalue weighted by Crippen LogP contribution is 2.44. The summed E-state index contributed by atoms with van der Waals surface area (Å²) in [6.07, 6.45) is 0. The first kappa shape index (κ1) is 17.1. The van der Waals surface area contributed by atoms with E-state index in [-0.39, 0.29) is 17.2 Å². The van der Waals surface area contributed by atoms with Crippen LogP contribution >= 0.6 is 35.0 Å². The molecule has 0 spiro atoms. The molecular weight excluding hydrogens is 367 g/mol. The highest BCUT2D eigenvalue weighted by Gasteiger charge is 2.35. The van der Waals surface area contributed by atoms with E-state index in [0.29, 0.717) is 27.2 Å². The molecule has 124 valence electrons. The quantitative estimate of drug-likeness (QED) is 0.836. The maximum atomic E-state index is 12.4. The predicted octanol–water partition coefficient (Wildman–Crippen LogP) is 4.73. The van der Waals surface area contributed by atoms with Crippen molar-refractivity contribution < 1.29 is 9.59 Å². The number of carbonyl (C=O) groups excluding carboxylic acids is 2. The van der Waals surface area contributed by atoms with Gasteiger partial charge >= 0.3 is 0 Å².